The zero-order valence-electron chi connectivity index (χ0n) is 19.7. The SMILES string of the molecule is CC(C)(C)[C@H](NC(=O)C(C)(NC(=O)OCC1c2ccccc2-c2ccccc21)C(F)(F)F)C(=O)O. The van der Waals surface area contributed by atoms with E-state index in [-0.39, 0.29) is 6.61 Å². The lowest BCUT2D eigenvalue weighted by Gasteiger charge is -2.35. The standard InChI is InChI=1S/C25H27F3N2O5/c1-23(2,3)19(20(31)32)29-21(33)24(4,25(26,27)28)30-22(34)35-13-18-16-11-7-5-9-14(16)15-10-6-8-12-17(15)18/h5-12,18-19H,13H2,1-4H3,(H,29,33)(H,30,34)(H,31,32)/t19-,24?/m1/s1. The van der Waals surface area contributed by atoms with Crippen LogP contribution in [0.25, 0.3) is 11.1 Å². The molecular weight excluding hydrogens is 465 g/mol. The van der Waals surface area contributed by atoms with Gasteiger partial charge >= 0.3 is 18.2 Å². The lowest BCUT2D eigenvalue weighted by molar-refractivity contribution is -0.195. The highest BCUT2D eigenvalue weighted by atomic mass is 19.4. The summed E-state index contributed by atoms with van der Waals surface area (Å²) in [5, 5.41) is 12.9. The van der Waals surface area contributed by atoms with Crippen LogP contribution in [0, 0.1) is 5.41 Å². The number of amides is 2. The Bertz CT molecular complexity index is 1100. The van der Waals surface area contributed by atoms with E-state index in [0.29, 0.717) is 6.92 Å². The van der Waals surface area contributed by atoms with Crippen molar-refractivity contribution >= 4 is 18.0 Å². The van der Waals surface area contributed by atoms with E-state index in [4.69, 9.17) is 4.74 Å². The van der Waals surface area contributed by atoms with E-state index in [2.05, 4.69) is 0 Å². The number of halogens is 3. The molecule has 2 aromatic carbocycles. The highest BCUT2D eigenvalue weighted by Gasteiger charge is 2.59. The molecule has 0 aromatic heterocycles. The number of carboxylic acid groups (broad SMARTS) is 1. The molecule has 0 heterocycles. The van der Waals surface area contributed by atoms with Crippen molar-refractivity contribution in [1.82, 2.24) is 10.6 Å². The molecule has 0 radical (unpaired) electrons. The monoisotopic (exact) mass is 492 g/mol. The molecule has 188 valence electrons. The molecule has 10 heteroatoms. The van der Waals surface area contributed by atoms with Gasteiger partial charge in [0.1, 0.15) is 12.6 Å². The lowest BCUT2D eigenvalue weighted by atomic mass is 9.86. The number of ether oxygens (including phenoxy) is 1. The zero-order valence-corrected chi connectivity index (χ0v) is 19.7. The topological polar surface area (TPSA) is 105 Å². The zero-order chi connectivity index (χ0) is 26.2. The Morgan fingerprint density at radius 3 is 1.86 bits per heavy atom. The number of alkyl halides is 3. The van der Waals surface area contributed by atoms with Crippen LogP contribution in [-0.2, 0) is 14.3 Å². The minimum Gasteiger partial charge on any atom is -0.480 e. The third-order valence-corrected chi connectivity index (χ3v) is 6.11. The van der Waals surface area contributed by atoms with Crippen LogP contribution < -0.4 is 10.6 Å². The van der Waals surface area contributed by atoms with Crippen molar-refractivity contribution in [1.29, 1.82) is 0 Å². The second-order valence-corrected chi connectivity index (χ2v) is 9.68. The predicted octanol–water partition coefficient (Wildman–Crippen LogP) is 4.46. The fraction of sp³-hybridized carbons (Fsp3) is 0.400. The predicted molar refractivity (Wildman–Crippen MR) is 122 cm³/mol. The quantitative estimate of drug-likeness (QED) is 0.552. The van der Waals surface area contributed by atoms with Crippen molar-refractivity contribution in [3.05, 3.63) is 59.7 Å². The van der Waals surface area contributed by atoms with Gasteiger partial charge < -0.3 is 15.2 Å². The van der Waals surface area contributed by atoms with Crippen molar-refractivity contribution in [2.45, 2.75) is 51.4 Å². The average molecular weight is 492 g/mol. The largest absolute Gasteiger partial charge is 0.480 e. The number of hydrogen-bond donors (Lipinski definition) is 3. The average Bonchev–Trinajstić information content (AvgIpc) is 3.07. The number of aliphatic carboxylic acids is 1. The van der Waals surface area contributed by atoms with Crippen molar-refractivity contribution in [3.8, 4) is 11.1 Å². The van der Waals surface area contributed by atoms with Crippen LogP contribution in [0.5, 0.6) is 0 Å². The van der Waals surface area contributed by atoms with Gasteiger partial charge in [-0.3, -0.25) is 10.1 Å². The number of hydrogen-bond acceptors (Lipinski definition) is 4. The summed E-state index contributed by atoms with van der Waals surface area (Å²) < 4.78 is 46.9. The van der Waals surface area contributed by atoms with E-state index in [1.54, 1.807) is 5.32 Å². The molecule has 35 heavy (non-hydrogen) atoms. The first-order chi connectivity index (χ1) is 16.2. The third-order valence-electron chi connectivity index (χ3n) is 6.11. The van der Waals surface area contributed by atoms with E-state index >= 15 is 0 Å². The summed E-state index contributed by atoms with van der Waals surface area (Å²) in [6.07, 6.45) is -6.69. The van der Waals surface area contributed by atoms with E-state index < -0.39 is 47.1 Å². The summed E-state index contributed by atoms with van der Waals surface area (Å²) in [7, 11) is 0. The number of carbonyl (C=O) groups excluding carboxylic acids is 2. The van der Waals surface area contributed by atoms with Gasteiger partial charge in [0.25, 0.3) is 5.91 Å². The number of rotatable bonds is 6. The van der Waals surface area contributed by atoms with E-state index in [0.717, 1.165) is 22.3 Å². The number of carbonyl (C=O) groups is 3. The third kappa shape index (κ3) is 5.11. The molecule has 1 aliphatic rings. The van der Waals surface area contributed by atoms with Crippen LogP contribution in [0.2, 0.25) is 0 Å². The molecule has 1 unspecified atom stereocenters. The van der Waals surface area contributed by atoms with Crippen molar-refractivity contribution in [3.63, 3.8) is 0 Å². The second kappa shape index (κ2) is 9.24. The first-order valence-corrected chi connectivity index (χ1v) is 10.9. The van der Waals surface area contributed by atoms with Gasteiger partial charge in [-0.1, -0.05) is 69.3 Å². The molecule has 3 rings (SSSR count). The summed E-state index contributed by atoms with van der Waals surface area (Å²) in [6.45, 7) is 4.57. The summed E-state index contributed by atoms with van der Waals surface area (Å²) in [6, 6.07) is 13.3. The Kier molecular flexibility index (Phi) is 6.88. The number of fused-ring (bicyclic) bond motifs is 3. The first-order valence-electron chi connectivity index (χ1n) is 10.9. The minimum absolute atomic E-state index is 0.255. The molecule has 0 saturated heterocycles. The number of nitrogens with one attached hydrogen (secondary N) is 2. The molecule has 0 saturated carbocycles. The molecule has 3 N–H and O–H groups in total. The second-order valence-electron chi connectivity index (χ2n) is 9.68. The van der Waals surface area contributed by atoms with Gasteiger partial charge in [0, 0.05) is 5.92 Å². The molecule has 0 bridgehead atoms. The Morgan fingerprint density at radius 1 is 0.943 bits per heavy atom. The summed E-state index contributed by atoms with van der Waals surface area (Å²) in [5.74, 6) is -3.60. The molecule has 2 aromatic rings. The molecule has 0 spiro atoms. The van der Waals surface area contributed by atoms with E-state index in [1.807, 2.05) is 53.8 Å². The Balaban J connectivity index is 1.78. The molecule has 2 atom stereocenters. The van der Waals surface area contributed by atoms with Gasteiger partial charge in [0.2, 0.25) is 5.54 Å². The molecule has 1 aliphatic carbocycles. The Morgan fingerprint density at radius 2 is 1.43 bits per heavy atom. The van der Waals surface area contributed by atoms with Crippen molar-refractivity contribution < 1.29 is 37.4 Å². The van der Waals surface area contributed by atoms with E-state index in [9.17, 15) is 32.7 Å². The van der Waals surface area contributed by atoms with Crippen LogP contribution >= 0.6 is 0 Å². The smallest absolute Gasteiger partial charge is 0.420 e. The molecule has 0 aliphatic heterocycles. The van der Waals surface area contributed by atoms with Gasteiger partial charge in [0.15, 0.2) is 0 Å². The maximum Gasteiger partial charge on any atom is 0.420 e. The van der Waals surface area contributed by atoms with Gasteiger partial charge in [-0.2, -0.15) is 13.2 Å². The van der Waals surface area contributed by atoms with Gasteiger partial charge in [-0.25, -0.2) is 9.59 Å². The summed E-state index contributed by atoms with van der Waals surface area (Å²) in [4.78, 5) is 36.6. The van der Waals surface area contributed by atoms with Crippen molar-refractivity contribution in [2.24, 2.45) is 5.41 Å². The summed E-state index contributed by atoms with van der Waals surface area (Å²) in [5.41, 5.74) is -0.886. The lowest BCUT2D eigenvalue weighted by Crippen LogP contribution is -2.67. The molecule has 2 amide bonds. The Labute approximate surface area is 200 Å². The van der Waals surface area contributed by atoms with E-state index in [1.165, 1.54) is 20.8 Å². The fourth-order valence-electron chi connectivity index (χ4n) is 4.02. The molecule has 7 nitrogen and oxygen atoms in total. The van der Waals surface area contributed by atoms with Crippen LogP contribution in [0.3, 0.4) is 0 Å². The minimum atomic E-state index is -5.23. The highest BCUT2D eigenvalue weighted by Crippen LogP contribution is 2.44. The number of carboxylic acids is 1. The highest BCUT2D eigenvalue weighted by molar-refractivity contribution is 5.93. The van der Waals surface area contributed by atoms with Crippen LogP contribution in [0.15, 0.2) is 48.5 Å². The molecule has 0 fully saturated rings. The van der Waals surface area contributed by atoms with Crippen LogP contribution in [0.4, 0.5) is 18.0 Å². The van der Waals surface area contributed by atoms with Crippen LogP contribution in [0.1, 0.15) is 44.7 Å². The van der Waals surface area contributed by atoms with Crippen molar-refractivity contribution in [2.75, 3.05) is 6.61 Å². The maximum atomic E-state index is 13.9. The van der Waals surface area contributed by atoms with Gasteiger partial charge in [-0.15, -0.1) is 0 Å². The normalized spacial score (nSPS) is 15.9. The van der Waals surface area contributed by atoms with Gasteiger partial charge in [-0.05, 0) is 34.6 Å². The fourth-order valence-corrected chi connectivity index (χ4v) is 4.02. The number of alkyl carbamates (subject to hydrolysis) is 1. The number of benzene rings is 2. The molecular formula is C25H27F3N2O5. The van der Waals surface area contributed by atoms with Crippen LogP contribution in [-0.4, -0.2) is 47.4 Å². The maximum absolute atomic E-state index is 13.9. The van der Waals surface area contributed by atoms with Gasteiger partial charge in [0.05, 0.1) is 0 Å². The first kappa shape index (κ1) is 26.1. The Hall–Kier alpha value is -3.56. The summed E-state index contributed by atoms with van der Waals surface area (Å²) >= 11 is 0.